The minimum absolute atomic E-state index is 1.02. The maximum atomic E-state index is 2.47. The van der Waals surface area contributed by atoms with Gasteiger partial charge in [-0.05, 0) is 125 Å². The van der Waals surface area contributed by atoms with Crippen molar-refractivity contribution in [2.75, 3.05) is 0 Å². The second-order valence-corrected chi connectivity index (χ2v) is 11.3. The number of fused-ring (bicyclic) bond motifs is 10. The van der Waals surface area contributed by atoms with Crippen LogP contribution in [-0.2, 0) is 25.7 Å². The van der Waals surface area contributed by atoms with Gasteiger partial charge >= 0.3 is 0 Å². The third kappa shape index (κ3) is 2.98. The van der Waals surface area contributed by atoms with Crippen molar-refractivity contribution >= 4 is 43.1 Å². The van der Waals surface area contributed by atoms with Crippen LogP contribution in [0.3, 0.4) is 0 Å². The van der Waals surface area contributed by atoms with Crippen LogP contribution in [0.5, 0.6) is 0 Å². The zero-order chi connectivity index (χ0) is 24.8. The van der Waals surface area contributed by atoms with E-state index in [-0.39, 0.29) is 0 Å². The van der Waals surface area contributed by atoms with E-state index in [1.807, 2.05) is 0 Å². The maximum Gasteiger partial charge on any atom is -0.00137 e. The molecule has 0 heterocycles. The molecule has 0 nitrogen and oxygen atoms in total. The monoisotopic (exact) mass is 482 g/mol. The molecule has 7 aromatic rings. The van der Waals surface area contributed by atoms with Gasteiger partial charge in [0.1, 0.15) is 0 Å². The van der Waals surface area contributed by atoms with Crippen molar-refractivity contribution in [1.29, 1.82) is 0 Å². The maximum absolute atomic E-state index is 2.47. The van der Waals surface area contributed by atoms with Crippen LogP contribution < -0.4 is 0 Å². The highest BCUT2D eigenvalue weighted by atomic mass is 14.2. The summed E-state index contributed by atoms with van der Waals surface area (Å²) in [6.07, 6.45) is 4.10. The Labute approximate surface area is 222 Å². The first-order chi connectivity index (χ1) is 18.8. The molecule has 9 rings (SSSR count). The Morgan fingerprint density at radius 3 is 1.13 bits per heavy atom. The number of rotatable bonds is 0. The van der Waals surface area contributed by atoms with Crippen molar-refractivity contribution in [3.05, 3.63) is 154 Å². The third-order valence-corrected chi connectivity index (χ3v) is 9.20. The van der Waals surface area contributed by atoms with Crippen LogP contribution in [0, 0.1) is 0 Å². The van der Waals surface area contributed by atoms with Gasteiger partial charge in [-0.1, -0.05) is 97.1 Å². The van der Waals surface area contributed by atoms with E-state index < -0.39 is 0 Å². The first-order valence-corrected chi connectivity index (χ1v) is 13.8. The van der Waals surface area contributed by atoms with E-state index in [1.165, 1.54) is 87.6 Å². The molecule has 0 saturated heterocycles. The van der Waals surface area contributed by atoms with E-state index in [9.17, 15) is 0 Å². The smallest absolute Gasteiger partial charge is 0.00137 e. The highest BCUT2D eigenvalue weighted by molar-refractivity contribution is 6.00. The highest BCUT2D eigenvalue weighted by Crippen LogP contribution is 2.38. The molecule has 0 aromatic heterocycles. The third-order valence-electron chi connectivity index (χ3n) is 9.20. The molecule has 38 heavy (non-hydrogen) atoms. The van der Waals surface area contributed by atoms with Crippen LogP contribution in [0.15, 0.2) is 109 Å². The van der Waals surface area contributed by atoms with Gasteiger partial charge in [-0.15, -0.1) is 0 Å². The Morgan fingerprint density at radius 2 is 0.684 bits per heavy atom. The Hall–Kier alpha value is -4.42. The lowest BCUT2D eigenvalue weighted by Gasteiger charge is -2.23. The van der Waals surface area contributed by atoms with E-state index in [1.54, 1.807) is 0 Å². The summed E-state index contributed by atoms with van der Waals surface area (Å²) in [5.74, 6) is 0. The predicted octanol–water partition coefficient (Wildman–Crippen LogP) is 9.29. The molecule has 2 aliphatic rings. The van der Waals surface area contributed by atoms with Crippen LogP contribution in [0.25, 0.3) is 43.1 Å². The average molecular weight is 483 g/mol. The molecule has 7 aromatic carbocycles. The molecule has 0 aliphatic heterocycles. The van der Waals surface area contributed by atoms with Gasteiger partial charge in [0, 0.05) is 0 Å². The van der Waals surface area contributed by atoms with Gasteiger partial charge in [0.2, 0.25) is 0 Å². The molecule has 0 unspecified atom stereocenters. The minimum Gasteiger partial charge on any atom is -0.0616 e. The van der Waals surface area contributed by atoms with Crippen LogP contribution >= 0.6 is 0 Å². The van der Waals surface area contributed by atoms with E-state index >= 15 is 0 Å². The van der Waals surface area contributed by atoms with Crippen molar-refractivity contribution < 1.29 is 0 Å². The largest absolute Gasteiger partial charge is 0.0616 e. The standard InChI is InChI=1S/C38H26/c1-3-7-35-23(5-1)9-11-25-13-27-15-29-18-32-20-34-22-38-26(12-10-24-6-2-4-8-36(24)38)14-28(34)16-30(32)17-31(29)19-33(27)21-37(25)35/h1-12,15-20H,13-14,21-22H2. The zero-order valence-electron chi connectivity index (χ0n) is 21.2. The van der Waals surface area contributed by atoms with Gasteiger partial charge < -0.3 is 0 Å². The molecular formula is C38H26. The number of hydrogen-bond acceptors (Lipinski definition) is 0. The van der Waals surface area contributed by atoms with Crippen molar-refractivity contribution in [2.24, 2.45) is 0 Å². The number of benzene rings is 7. The second kappa shape index (κ2) is 7.55. The average Bonchev–Trinajstić information content (AvgIpc) is 2.96. The van der Waals surface area contributed by atoms with Crippen molar-refractivity contribution in [1.82, 2.24) is 0 Å². The van der Waals surface area contributed by atoms with Crippen molar-refractivity contribution in [2.45, 2.75) is 25.7 Å². The second-order valence-electron chi connectivity index (χ2n) is 11.3. The predicted molar refractivity (Wildman–Crippen MR) is 161 cm³/mol. The summed E-state index contributed by atoms with van der Waals surface area (Å²) in [5, 5.41) is 11.0. The summed E-state index contributed by atoms with van der Waals surface area (Å²) < 4.78 is 0. The first-order valence-electron chi connectivity index (χ1n) is 13.8. The van der Waals surface area contributed by atoms with E-state index in [2.05, 4.69) is 109 Å². The first kappa shape index (κ1) is 20.6. The lowest BCUT2D eigenvalue weighted by atomic mass is 9.81. The molecule has 0 amide bonds. The van der Waals surface area contributed by atoms with Gasteiger partial charge in [0.05, 0.1) is 0 Å². The van der Waals surface area contributed by atoms with E-state index in [0.29, 0.717) is 0 Å². The molecule has 0 heteroatoms. The molecule has 0 radical (unpaired) electrons. The topological polar surface area (TPSA) is 0 Å². The Balaban J connectivity index is 1.17. The Bertz CT molecular complexity index is 1970. The quantitative estimate of drug-likeness (QED) is 0.189. The number of hydrogen-bond donors (Lipinski definition) is 0. The highest BCUT2D eigenvalue weighted by Gasteiger charge is 2.20. The summed E-state index contributed by atoms with van der Waals surface area (Å²) in [5.41, 5.74) is 11.9. The Kier molecular flexibility index (Phi) is 4.10. The summed E-state index contributed by atoms with van der Waals surface area (Å²) in [6.45, 7) is 0. The van der Waals surface area contributed by atoms with Crippen LogP contribution in [0.2, 0.25) is 0 Å². The molecule has 0 fully saturated rings. The van der Waals surface area contributed by atoms with Gasteiger partial charge in [0.15, 0.2) is 0 Å². The molecule has 2 aliphatic carbocycles. The van der Waals surface area contributed by atoms with E-state index in [0.717, 1.165) is 25.7 Å². The van der Waals surface area contributed by atoms with Crippen LogP contribution in [0.1, 0.15) is 44.5 Å². The fourth-order valence-corrected chi connectivity index (χ4v) is 7.25. The van der Waals surface area contributed by atoms with Crippen molar-refractivity contribution in [3.63, 3.8) is 0 Å². The fourth-order valence-electron chi connectivity index (χ4n) is 7.25. The lowest BCUT2D eigenvalue weighted by molar-refractivity contribution is 1.02. The van der Waals surface area contributed by atoms with Gasteiger partial charge in [0.25, 0.3) is 0 Å². The van der Waals surface area contributed by atoms with Crippen molar-refractivity contribution in [3.8, 4) is 0 Å². The molecule has 0 N–H and O–H groups in total. The molecule has 0 spiro atoms. The fraction of sp³-hybridized carbons (Fsp3) is 0.105. The SMILES string of the molecule is c1ccc2c3c(ccc2c1)Cc1cc2cc4cc5c(cc4cc2cc1C3)Cc1ccc2ccccc2c1C5. The molecule has 0 saturated carbocycles. The normalized spacial score (nSPS) is 13.9. The lowest BCUT2D eigenvalue weighted by Crippen LogP contribution is -2.08. The molecule has 0 atom stereocenters. The summed E-state index contributed by atoms with van der Waals surface area (Å²) in [7, 11) is 0. The van der Waals surface area contributed by atoms with Crippen LogP contribution in [0.4, 0.5) is 0 Å². The summed E-state index contributed by atoms with van der Waals surface area (Å²) in [4.78, 5) is 0. The van der Waals surface area contributed by atoms with E-state index in [4.69, 9.17) is 0 Å². The van der Waals surface area contributed by atoms with Gasteiger partial charge in [-0.3, -0.25) is 0 Å². The summed E-state index contributed by atoms with van der Waals surface area (Å²) in [6, 6.07) is 41.7. The zero-order valence-corrected chi connectivity index (χ0v) is 21.2. The molecule has 178 valence electrons. The minimum atomic E-state index is 1.02. The molecular weight excluding hydrogens is 456 g/mol. The van der Waals surface area contributed by atoms with Gasteiger partial charge in [-0.25, -0.2) is 0 Å². The summed E-state index contributed by atoms with van der Waals surface area (Å²) >= 11 is 0. The Morgan fingerprint density at radius 1 is 0.289 bits per heavy atom. The van der Waals surface area contributed by atoms with Crippen LogP contribution in [-0.4, -0.2) is 0 Å². The van der Waals surface area contributed by atoms with Gasteiger partial charge in [-0.2, -0.15) is 0 Å². The molecule has 0 bridgehead atoms.